The summed E-state index contributed by atoms with van der Waals surface area (Å²) in [6.07, 6.45) is 0. The maximum absolute atomic E-state index is 13.2. The van der Waals surface area contributed by atoms with E-state index in [9.17, 15) is 9.59 Å². The molecule has 0 fully saturated rings. The summed E-state index contributed by atoms with van der Waals surface area (Å²) < 4.78 is 1.86. The number of hydrogen-bond acceptors (Lipinski definition) is 5. The van der Waals surface area contributed by atoms with E-state index < -0.39 is 0 Å². The highest BCUT2D eigenvalue weighted by Crippen LogP contribution is 2.31. The first-order valence-electron chi connectivity index (χ1n) is 9.92. The van der Waals surface area contributed by atoms with Gasteiger partial charge >= 0.3 is 0 Å². The predicted molar refractivity (Wildman–Crippen MR) is 129 cm³/mol. The molecule has 3 heterocycles. The molecule has 0 radical (unpaired) electrons. The number of anilines is 1. The number of carbonyl (C=O) groups is 1. The fourth-order valence-corrected chi connectivity index (χ4v) is 4.81. The first-order chi connectivity index (χ1) is 15.5. The van der Waals surface area contributed by atoms with Gasteiger partial charge in [0.05, 0.1) is 21.9 Å². The van der Waals surface area contributed by atoms with E-state index in [1.165, 1.54) is 15.9 Å². The van der Waals surface area contributed by atoms with Crippen LogP contribution in [0.15, 0.2) is 71.5 Å². The minimum atomic E-state index is -0.352. The molecule has 1 N–H and O–H groups in total. The number of aromatic nitrogens is 3. The van der Waals surface area contributed by atoms with Crippen LogP contribution in [0.3, 0.4) is 0 Å². The minimum absolute atomic E-state index is 0.157. The second-order valence-corrected chi connectivity index (χ2v) is 8.68. The summed E-state index contributed by atoms with van der Waals surface area (Å²) in [6, 6.07) is 20.7. The van der Waals surface area contributed by atoms with Crippen molar-refractivity contribution >= 4 is 55.0 Å². The Hall–Kier alpha value is -3.55. The molecule has 6 nitrogen and oxygen atoms in total. The fourth-order valence-electron chi connectivity index (χ4n) is 3.57. The van der Waals surface area contributed by atoms with Crippen LogP contribution in [-0.4, -0.2) is 20.4 Å². The molecule has 1 amide bonds. The van der Waals surface area contributed by atoms with E-state index >= 15 is 0 Å². The van der Waals surface area contributed by atoms with Gasteiger partial charge in [-0.2, -0.15) is 0 Å². The summed E-state index contributed by atoms with van der Waals surface area (Å²) in [4.78, 5) is 35.9. The van der Waals surface area contributed by atoms with Crippen molar-refractivity contribution in [3.05, 3.63) is 87.9 Å². The molecule has 0 atom stereocenters. The molecule has 158 valence electrons. The number of halogens is 1. The van der Waals surface area contributed by atoms with E-state index in [1.807, 2.05) is 42.5 Å². The number of thiophene rings is 1. The van der Waals surface area contributed by atoms with Crippen molar-refractivity contribution in [3.8, 4) is 11.3 Å². The van der Waals surface area contributed by atoms with Gasteiger partial charge in [-0.15, -0.1) is 11.3 Å². The van der Waals surface area contributed by atoms with Crippen molar-refractivity contribution in [1.29, 1.82) is 0 Å². The van der Waals surface area contributed by atoms with Crippen molar-refractivity contribution in [1.82, 2.24) is 14.5 Å². The first-order valence-corrected chi connectivity index (χ1v) is 11.1. The number of hydrogen-bond donors (Lipinski definition) is 1. The quantitative estimate of drug-likeness (QED) is 0.396. The zero-order valence-corrected chi connectivity index (χ0v) is 18.6. The molecular weight excluding hydrogens is 444 g/mol. The summed E-state index contributed by atoms with van der Waals surface area (Å²) in [5, 5.41) is 4.01. The number of rotatable bonds is 4. The molecule has 5 rings (SSSR count). The van der Waals surface area contributed by atoms with Gasteiger partial charge in [0.25, 0.3) is 5.56 Å². The molecule has 8 heteroatoms. The predicted octanol–water partition coefficient (Wildman–Crippen LogP) is 5.27. The SMILES string of the molecule is Cc1nc2c(sc3nc(-c4ccccc4)ccc32)c(=O)n1CC(=O)Nc1ccccc1Cl. The molecule has 32 heavy (non-hydrogen) atoms. The Bertz CT molecular complexity index is 1540. The average Bonchev–Trinajstić information content (AvgIpc) is 3.16. The Kier molecular flexibility index (Phi) is 5.20. The second-order valence-electron chi connectivity index (χ2n) is 7.27. The lowest BCUT2D eigenvalue weighted by atomic mass is 10.1. The molecular formula is C24H17ClN4O2S. The Morgan fingerprint density at radius 1 is 1.03 bits per heavy atom. The summed E-state index contributed by atoms with van der Waals surface area (Å²) in [6.45, 7) is 1.56. The Labute approximate surface area is 192 Å². The van der Waals surface area contributed by atoms with Crippen LogP contribution in [0.25, 0.3) is 31.7 Å². The Morgan fingerprint density at radius 2 is 1.78 bits per heavy atom. The number of nitrogens with zero attached hydrogens (tertiary/aromatic N) is 3. The number of para-hydroxylation sites is 1. The number of carbonyl (C=O) groups excluding carboxylic acids is 1. The maximum Gasteiger partial charge on any atom is 0.272 e. The number of pyridine rings is 1. The standard InChI is InChI=1S/C24H17ClN4O2S/c1-14-26-21-16-11-12-18(15-7-3-2-4-8-15)28-23(16)32-22(21)24(31)29(14)13-20(30)27-19-10-6-5-9-17(19)25/h2-12H,13H2,1H3,(H,27,30). The van der Waals surface area contributed by atoms with Crippen LogP contribution >= 0.6 is 22.9 Å². The van der Waals surface area contributed by atoms with Crippen LogP contribution in [0.1, 0.15) is 5.82 Å². The first kappa shape index (κ1) is 20.4. The van der Waals surface area contributed by atoms with Gasteiger partial charge < -0.3 is 5.32 Å². The molecule has 0 spiro atoms. The second kappa shape index (κ2) is 8.18. The Balaban J connectivity index is 1.53. The fraction of sp³-hybridized carbons (Fsp3) is 0.0833. The van der Waals surface area contributed by atoms with Crippen LogP contribution < -0.4 is 10.9 Å². The minimum Gasteiger partial charge on any atom is -0.323 e. The third-order valence-corrected chi connectivity index (χ3v) is 6.56. The largest absolute Gasteiger partial charge is 0.323 e. The van der Waals surface area contributed by atoms with Crippen molar-refractivity contribution < 1.29 is 4.79 Å². The number of nitrogens with one attached hydrogen (secondary N) is 1. The molecule has 3 aromatic heterocycles. The zero-order chi connectivity index (χ0) is 22.2. The van der Waals surface area contributed by atoms with Crippen molar-refractivity contribution in [2.24, 2.45) is 0 Å². The zero-order valence-electron chi connectivity index (χ0n) is 17.0. The van der Waals surface area contributed by atoms with Gasteiger partial charge in [-0.05, 0) is 31.2 Å². The topological polar surface area (TPSA) is 76.9 Å². The normalized spacial score (nSPS) is 11.2. The molecule has 0 aliphatic heterocycles. The van der Waals surface area contributed by atoms with Gasteiger partial charge in [-0.3, -0.25) is 14.2 Å². The van der Waals surface area contributed by atoms with Crippen LogP contribution in [0.2, 0.25) is 5.02 Å². The van der Waals surface area contributed by atoms with E-state index in [-0.39, 0.29) is 18.0 Å². The van der Waals surface area contributed by atoms with Crippen LogP contribution in [0.4, 0.5) is 5.69 Å². The smallest absolute Gasteiger partial charge is 0.272 e. The number of amides is 1. The van der Waals surface area contributed by atoms with Crippen molar-refractivity contribution in [3.63, 3.8) is 0 Å². The molecule has 0 saturated carbocycles. The monoisotopic (exact) mass is 460 g/mol. The lowest BCUT2D eigenvalue weighted by Crippen LogP contribution is -2.29. The summed E-state index contributed by atoms with van der Waals surface area (Å²) in [7, 11) is 0. The lowest BCUT2D eigenvalue weighted by Gasteiger charge is -2.11. The van der Waals surface area contributed by atoms with Gasteiger partial charge in [0.1, 0.15) is 21.9 Å². The third-order valence-electron chi connectivity index (χ3n) is 5.15. The average molecular weight is 461 g/mol. The van der Waals surface area contributed by atoms with Gasteiger partial charge in [0.2, 0.25) is 5.91 Å². The van der Waals surface area contributed by atoms with Gasteiger partial charge in [-0.25, -0.2) is 9.97 Å². The summed E-state index contributed by atoms with van der Waals surface area (Å²) in [5.41, 5.74) is 2.69. The highest BCUT2D eigenvalue weighted by atomic mass is 35.5. The number of benzene rings is 2. The molecule has 0 aliphatic carbocycles. The van der Waals surface area contributed by atoms with Crippen molar-refractivity contribution in [2.45, 2.75) is 13.5 Å². The van der Waals surface area contributed by atoms with Crippen LogP contribution in [-0.2, 0) is 11.3 Å². The summed E-state index contributed by atoms with van der Waals surface area (Å²) >= 11 is 7.41. The van der Waals surface area contributed by atoms with Crippen LogP contribution in [0, 0.1) is 6.92 Å². The van der Waals surface area contributed by atoms with E-state index in [0.29, 0.717) is 26.8 Å². The van der Waals surface area contributed by atoms with Crippen LogP contribution in [0.5, 0.6) is 0 Å². The van der Waals surface area contributed by atoms with E-state index in [2.05, 4.69) is 10.3 Å². The van der Waals surface area contributed by atoms with E-state index in [0.717, 1.165) is 21.5 Å². The van der Waals surface area contributed by atoms with Gasteiger partial charge in [0, 0.05) is 10.9 Å². The van der Waals surface area contributed by atoms with E-state index in [4.69, 9.17) is 16.6 Å². The highest BCUT2D eigenvalue weighted by molar-refractivity contribution is 7.25. The number of aryl methyl sites for hydroxylation is 1. The van der Waals surface area contributed by atoms with Gasteiger partial charge in [0.15, 0.2) is 0 Å². The lowest BCUT2D eigenvalue weighted by molar-refractivity contribution is -0.116. The molecule has 0 unspecified atom stereocenters. The molecule has 2 aromatic carbocycles. The highest BCUT2D eigenvalue weighted by Gasteiger charge is 2.17. The Morgan fingerprint density at radius 3 is 2.56 bits per heavy atom. The molecule has 0 bridgehead atoms. The molecule has 0 saturated heterocycles. The maximum atomic E-state index is 13.2. The number of fused-ring (bicyclic) bond motifs is 3. The molecule has 0 aliphatic rings. The molecule has 5 aromatic rings. The van der Waals surface area contributed by atoms with Crippen molar-refractivity contribution in [2.75, 3.05) is 5.32 Å². The van der Waals surface area contributed by atoms with E-state index in [1.54, 1.807) is 31.2 Å². The van der Waals surface area contributed by atoms with Gasteiger partial charge in [-0.1, -0.05) is 54.1 Å². The summed E-state index contributed by atoms with van der Waals surface area (Å²) in [5.74, 6) is 0.110. The third kappa shape index (κ3) is 3.66.